The predicted octanol–water partition coefficient (Wildman–Crippen LogP) is 5.06. The maximum atomic E-state index is 13.2. The number of nitrogens with zero attached hydrogens (tertiary/aromatic N) is 2. The van der Waals surface area contributed by atoms with E-state index in [-0.39, 0.29) is 24.2 Å². The molecule has 2 saturated heterocycles. The van der Waals surface area contributed by atoms with Crippen LogP contribution in [0.15, 0.2) is 60.7 Å². The molecule has 218 valence electrons. The van der Waals surface area contributed by atoms with Crippen LogP contribution in [0, 0.1) is 6.92 Å². The van der Waals surface area contributed by atoms with Gasteiger partial charge in [-0.25, -0.2) is 9.59 Å². The van der Waals surface area contributed by atoms with E-state index in [0.717, 1.165) is 5.69 Å². The third-order valence-corrected chi connectivity index (χ3v) is 9.37. The molecule has 2 fully saturated rings. The van der Waals surface area contributed by atoms with Crippen molar-refractivity contribution in [3.05, 3.63) is 82.9 Å². The second kappa shape index (κ2) is 10.5. The van der Waals surface area contributed by atoms with Crippen LogP contribution in [-0.2, 0) is 14.0 Å². The number of carbonyl (C=O) groups excluding carboxylic acids is 1. The number of aromatic carboxylic acids is 1. The predicted molar refractivity (Wildman–Crippen MR) is 163 cm³/mol. The molecular weight excluding hydrogens is 531 g/mol. The third kappa shape index (κ3) is 4.84. The van der Waals surface area contributed by atoms with Gasteiger partial charge in [0.1, 0.15) is 6.61 Å². The van der Waals surface area contributed by atoms with E-state index in [1.54, 1.807) is 11.0 Å². The van der Waals surface area contributed by atoms with E-state index in [9.17, 15) is 14.7 Å². The Morgan fingerprint density at radius 1 is 0.905 bits per heavy atom. The smallest absolute Gasteiger partial charge is 0.478 e. The Morgan fingerprint density at radius 2 is 1.45 bits per heavy atom. The lowest BCUT2D eigenvalue weighted by atomic mass is 9.77. The van der Waals surface area contributed by atoms with Crippen LogP contribution in [0.25, 0.3) is 11.1 Å². The number of carboxylic acids is 1. The summed E-state index contributed by atoms with van der Waals surface area (Å²) in [6, 6.07) is 20.2. The summed E-state index contributed by atoms with van der Waals surface area (Å²) >= 11 is 0. The molecule has 0 radical (unpaired) electrons. The first-order valence-electron chi connectivity index (χ1n) is 14.6. The van der Waals surface area contributed by atoms with E-state index in [2.05, 4.69) is 29.2 Å². The molecular formula is C33H37BN2O6. The highest BCUT2D eigenvalue weighted by Gasteiger charge is 2.52. The summed E-state index contributed by atoms with van der Waals surface area (Å²) in [7, 11) is -0.672. The number of rotatable bonds is 5. The van der Waals surface area contributed by atoms with E-state index < -0.39 is 24.3 Å². The van der Waals surface area contributed by atoms with E-state index in [1.165, 1.54) is 22.3 Å². The molecule has 2 aliphatic heterocycles. The Bertz CT molecular complexity index is 1480. The maximum absolute atomic E-state index is 13.2. The highest BCUT2D eigenvalue weighted by Crippen LogP contribution is 2.44. The molecule has 3 aromatic carbocycles. The van der Waals surface area contributed by atoms with Gasteiger partial charge in [-0.15, -0.1) is 0 Å². The molecule has 1 amide bonds. The molecule has 9 heteroatoms. The normalized spacial score (nSPS) is 19.0. The Hall–Kier alpha value is -3.82. The van der Waals surface area contributed by atoms with Crippen molar-refractivity contribution in [2.45, 2.75) is 51.7 Å². The first-order valence-corrected chi connectivity index (χ1v) is 14.6. The monoisotopic (exact) mass is 568 g/mol. The fraction of sp³-hybridized carbons (Fsp3) is 0.394. The fourth-order valence-electron chi connectivity index (χ4n) is 6.20. The summed E-state index contributed by atoms with van der Waals surface area (Å²) in [6.07, 6.45) is -0.328. The Labute approximate surface area is 247 Å². The highest BCUT2D eigenvalue weighted by molar-refractivity contribution is 6.62. The average molecular weight is 568 g/mol. The topological polar surface area (TPSA) is 88.5 Å². The van der Waals surface area contributed by atoms with Crippen molar-refractivity contribution in [1.29, 1.82) is 0 Å². The van der Waals surface area contributed by atoms with Gasteiger partial charge in [0.2, 0.25) is 0 Å². The van der Waals surface area contributed by atoms with Gasteiger partial charge >= 0.3 is 19.2 Å². The molecule has 8 nitrogen and oxygen atoms in total. The van der Waals surface area contributed by atoms with Crippen LogP contribution in [0.5, 0.6) is 0 Å². The van der Waals surface area contributed by atoms with E-state index in [4.69, 9.17) is 14.0 Å². The Morgan fingerprint density at radius 3 is 2.00 bits per heavy atom. The second-order valence-corrected chi connectivity index (χ2v) is 12.4. The minimum Gasteiger partial charge on any atom is -0.478 e. The number of benzene rings is 3. The summed E-state index contributed by atoms with van der Waals surface area (Å²) < 4.78 is 18.3. The zero-order valence-electron chi connectivity index (χ0n) is 24.8. The summed E-state index contributed by atoms with van der Waals surface area (Å²) in [5.41, 5.74) is 6.06. The molecule has 1 N–H and O–H groups in total. The Balaban J connectivity index is 1.14. The Kier molecular flexibility index (Phi) is 7.06. The number of carbonyl (C=O) groups is 2. The molecule has 2 heterocycles. The minimum absolute atomic E-state index is 0.0115. The van der Waals surface area contributed by atoms with Gasteiger partial charge in [-0.3, -0.25) is 0 Å². The van der Waals surface area contributed by atoms with E-state index in [0.29, 0.717) is 37.2 Å². The number of piperazine rings is 1. The number of fused-ring (bicyclic) bond motifs is 3. The lowest BCUT2D eigenvalue weighted by molar-refractivity contribution is 0.00578. The van der Waals surface area contributed by atoms with Gasteiger partial charge in [-0.05, 0) is 80.0 Å². The van der Waals surface area contributed by atoms with Crippen molar-refractivity contribution < 1.29 is 28.7 Å². The summed E-state index contributed by atoms with van der Waals surface area (Å²) in [5, 5.41) is 9.98. The highest BCUT2D eigenvalue weighted by atomic mass is 16.7. The number of hydrogen-bond acceptors (Lipinski definition) is 6. The van der Waals surface area contributed by atoms with Crippen LogP contribution < -0.4 is 10.4 Å². The van der Waals surface area contributed by atoms with Crippen LogP contribution in [0.3, 0.4) is 0 Å². The van der Waals surface area contributed by atoms with Crippen molar-refractivity contribution >= 4 is 30.3 Å². The zero-order valence-corrected chi connectivity index (χ0v) is 24.8. The van der Waals surface area contributed by atoms with Crippen molar-refractivity contribution in [2.75, 3.05) is 37.7 Å². The van der Waals surface area contributed by atoms with Gasteiger partial charge in [-0.1, -0.05) is 48.5 Å². The first-order chi connectivity index (χ1) is 20.0. The number of amides is 1. The van der Waals surface area contributed by atoms with Gasteiger partial charge in [-0.2, -0.15) is 0 Å². The second-order valence-electron chi connectivity index (χ2n) is 12.4. The van der Waals surface area contributed by atoms with E-state index in [1.807, 2.05) is 65.0 Å². The van der Waals surface area contributed by atoms with Gasteiger partial charge < -0.3 is 29.0 Å². The van der Waals surface area contributed by atoms with Crippen molar-refractivity contribution in [2.24, 2.45) is 0 Å². The summed E-state index contributed by atoms with van der Waals surface area (Å²) in [4.78, 5) is 29.2. The van der Waals surface area contributed by atoms with Gasteiger partial charge in [0.05, 0.1) is 16.8 Å². The number of anilines is 1. The lowest BCUT2D eigenvalue weighted by Gasteiger charge is -2.37. The summed E-state index contributed by atoms with van der Waals surface area (Å²) in [5.74, 6) is -0.984. The maximum Gasteiger partial charge on any atom is 0.494 e. The SMILES string of the molecule is Cc1c(C(=O)O)cc(B2OC(C)(C)C(C)(C)O2)cc1N1CCN(C(=O)OCC2c3ccccc3-c3ccccc32)CC1. The first kappa shape index (κ1) is 28.3. The van der Waals surface area contributed by atoms with Crippen LogP contribution in [0.1, 0.15) is 60.7 Å². The number of hydrogen-bond donors (Lipinski definition) is 1. The molecule has 6 rings (SSSR count). The van der Waals surface area contributed by atoms with Gasteiger partial charge in [0.25, 0.3) is 0 Å². The molecule has 0 unspecified atom stereocenters. The number of carboxylic acid groups (broad SMARTS) is 1. The van der Waals surface area contributed by atoms with Crippen LogP contribution in [0.2, 0.25) is 0 Å². The summed E-state index contributed by atoms with van der Waals surface area (Å²) in [6.45, 7) is 12.1. The molecule has 0 bridgehead atoms. The molecule has 0 saturated carbocycles. The molecule has 0 aromatic heterocycles. The average Bonchev–Trinajstić information content (AvgIpc) is 3.40. The quantitative estimate of drug-likeness (QED) is 0.431. The molecule has 3 aliphatic rings. The van der Waals surface area contributed by atoms with Crippen LogP contribution in [0.4, 0.5) is 10.5 Å². The zero-order chi connectivity index (χ0) is 29.8. The van der Waals surface area contributed by atoms with Crippen LogP contribution in [-0.4, -0.2) is 73.2 Å². The molecule has 42 heavy (non-hydrogen) atoms. The van der Waals surface area contributed by atoms with Crippen molar-refractivity contribution in [1.82, 2.24) is 4.90 Å². The van der Waals surface area contributed by atoms with Crippen molar-refractivity contribution in [3.8, 4) is 11.1 Å². The van der Waals surface area contributed by atoms with Crippen molar-refractivity contribution in [3.63, 3.8) is 0 Å². The number of ether oxygens (including phenoxy) is 1. The molecule has 0 atom stereocenters. The van der Waals surface area contributed by atoms with E-state index >= 15 is 0 Å². The standard InChI is InChI=1S/C33H37BN2O6/c1-21-27(30(37)38)18-22(34-41-32(2,3)33(4,5)42-34)19-29(21)35-14-16-36(17-15-35)31(39)40-20-28-25-12-8-6-10-23(25)24-11-7-9-13-26(24)28/h6-13,18-19,28H,14-17,20H2,1-5H3,(H,37,38). The minimum atomic E-state index is -0.996. The molecule has 3 aromatic rings. The lowest BCUT2D eigenvalue weighted by Crippen LogP contribution is -2.49. The van der Waals surface area contributed by atoms with Gasteiger partial charge in [0, 0.05) is 37.8 Å². The third-order valence-electron chi connectivity index (χ3n) is 9.37. The fourth-order valence-corrected chi connectivity index (χ4v) is 6.20. The van der Waals surface area contributed by atoms with Gasteiger partial charge in [0.15, 0.2) is 0 Å². The molecule has 0 spiro atoms. The molecule has 1 aliphatic carbocycles. The van der Waals surface area contributed by atoms with Crippen LogP contribution >= 0.6 is 0 Å². The largest absolute Gasteiger partial charge is 0.494 e.